The predicted octanol–water partition coefficient (Wildman–Crippen LogP) is 4.40. The number of benzene rings is 2. The molecule has 0 aliphatic heterocycles. The van der Waals surface area contributed by atoms with E-state index in [0.717, 1.165) is 21.9 Å². The number of nitrogens with one attached hydrogen (secondary N) is 1. The van der Waals surface area contributed by atoms with Gasteiger partial charge >= 0.3 is 0 Å². The normalized spacial score (nSPS) is 11.1. The molecular weight excluding hydrogens is 296 g/mol. The Labute approximate surface area is 131 Å². The number of hydrogen-bond acceptors (Lipinski definition) is 2. The minimum Gasteiger partial charge on any atom is -0.306 e. The number of aromatic amines is 1. The van der Waals surface area contributed by atoms with Crippen LogP contribution in [0.2, 0.25) is 5.02 Å². The Kier molecular flexibility index (Phi) is 2.94. The van der Waals surface area contributed by atoms with Gasteiger partial charge < -0.3 is 4.98 Å². The Bertz CT molecular complexity index is 1050. The molecule has 0 aliphatic carbocycles. The van der Waals surface area contributed by atoms with Crippen LogP contribution in [0.15, 0.2) is 65.6 Å². The highest BCUT2D eigenvalue weighted by Crippen LogP contribution is 2.31. The summed E-state index contributed by atoms with van der Waals surface area (Å²) in [7, 11) is 0. The quantitative estimate of drug-likeness (QED) is 0.530. The van der Waals surface area contributed by atoms with Crippen LogP contribution in [0.5, 0.6) is 0 Å². The van der Waals surface area contributed by atoms with Crippen LogP contribution >= 0.6 is 11.6 Å². The first-order valence-electron chi connectivity index (χ1n) is 6.90. The maximum absolute atomic E-state index is 12.2. The van der Waals surface area contributed by atoms with Crippen LogP contribution in [0.4, 0.5) is 0 Å². The number of pyridine rings is 2. The topological polar surface area (TPSA) is 45.8 Å². The largest absolute Gasteiger partial charge is 0.306 e. The van der Waals surface area contributed by atoms with Crippen LogP contribution in [0.3, 0.4) is 0 Å². The molecule has 4 rings (SSSR count). The van der Waals surface area contributed by atoms with Gasteiger partial charge in [0.05, 0.1) is 0 Å². The molecule has 2 aromatic carbocycles. The Morgan fingerprint density at radius 1 is 0.909 bits per heavy atom. The molecule has 0 aliphatic rings. The molecule has 0 unspecified atom stereocenters. The molecule has 0 radical (unpaired) electrons. The van der Waals surface area contributed by atoms with Gasteiger partial charge in [-0.2, -0.15) is 0 Å². The molecule has 1 N–H and O–H groups in total. The monoisotopic (exact) mass is 306 g/mol. The maximum atomic E-state index is 12.2. The molecule has 106 valence electrons. The van der Waals surface area contributed by atoms with Gasteiger partial charge in [0.15, 0.2) is 0 Å². The van der Waals surface area contributed by atoms with Crippen molar-refractivity contribution in [1.29, 1.82) is 0 Å². The lowest BCUT2D eigenvalue weighted by atomic mass is 9.99. The van der Waals surface area contributed by atoms with E-state index in [1.807, 2.05) is 54.6 Å². The predicted molar refractivity (Wildman–Crippen MR) is 90.3 cm³/mol. The summed E-state index contributed by atoms with van der Waals surface area (Å²) in [6.07, 6.45) is 1.71. The minimum atomic E-state index is -0.121. The molecule has 0 atom stereocenters. The van der Waals surface area contributed by atoms with E-state index in [1.165, 1.54) is 0 Å². The molecule has 2 aromatic heterocycles. The number of fused-ring (bicyclic) bond motifs is 3. The SMILES string of the molecule is O=c1[nH]c2nccc(-c3ccc(Cl)cc3)c2c2ccccc12. The van der Waals surface area contributed by atoms with Crippen LogP contribution in [-0.4, -0.2) is 9.97 Å². The van der Waals surface area contributed by atoms with Crippen molar-refractivity contribution in [3.8, 4) is 11.1 Å². The zero-order valence-electron chi connectivity index (χ0n) is 11.5. The lowest BCUT2D eigenvalue weighted by molar-refractivity contribution is 1.26. The highest BCUT2D eigenvalue weighted by atomic mass is 35.5. The first-order valence-corrected chi connectivity index (χ1v) is 7.27. The van der Waals surface area contributed by atoms with E-state index in [-0.39, 0.29) is 5.56 Å². The Morgan fingerprint density at radius 3 is 2.41 bits per heavy atom. The van der Waals surface area contributed by atoms with E-state index in [4.69, 9.17) is 11.6 Å². The number of nitrogens with zero attached hydrogens (tertiary/aromatic N) is 1. The molecule has 4 heteroatoms. The number of hydrogen-bond donors (Lipinski definition) is 1. The van der Waals surface area contributed by atoms with Crippen LogP contribution in [0, 0.1) is 0 Å². The Morgan fingerprint density at radius 2 is 1.64 bits per heavy atom. The maximum Gasteiger partial charge on any atom is 0.257 e. The Hall–Kier alpha value is -2.65. The average molecular weight is 307 g/mol. The summed E-state index contributed by atoms with van der Waals surface area (Å²) in [5, 5.41) is 3.21. The summed E-state index contributed by atoms with van der Waals surface area (Å²) < 4.78 is 0. The van der Waals surface area contributed by atoms with Crippen LogP contribution in [0.25, 0.3) is 32.9 Å². The number of rotatable bonds is 1. The van der Waals surface area contributed by atoms with Gasteiger partial charge in [0, 0.05) is 22.0 Å². The van der Waals surface area contributed by atoms with Crippen molar-refractivity contribution in [1.82, 2.24) is 9.97 Å². The van der Waals surface area contributed by atoms with Crippen molar-refractivity contribution < 1.29 is 0 Å². The number of aromatic nitrogens is 2. The van der Waals surface area contributed by atoms with Crippen molar-refractivity contribution >= 4 is 33.4 Å². The van der Waals surface area contributed by atoms with Gasteiger partial charge in [-0.05, 0) is 40.8 Å². The summed E-state index contributed by atoms with van der Waals surface area (Å²) in [5.41, 5.74) is 2.53. The van der Waals surface area contributed by atoms with Crippen molar-refractivity contribution in [2.75, 3.05) is 0 Å². The lowest BCUT2D eigenvalue weighted by Crippen LogP contribution is -2.07. The van der Waals surface area contributed by atoms with E-state index in [2.05, 4.69) is 9.97 Å². The van der Waals surface area contributed by atoms with Crippen LogP contribution < -0.4 is 5.56 Å². The molecule has 3 nitrogen and oxygen atoms in total. The fourth-order valence-corrected chi connectivity index (χ4v) is 2.90. The average Bonchev–Trinajstić information content (AvgIpc) is 2.55. The van der Waals surface area contributed by atoms with E-state index in [9.17, 15) is 4.79 Å². The number of H-pyrrole nitrogens is 1. The molecular formula is C18H11ClN2O. The third kappa shape index (κ3) is 1.98. The second-order valence-electron chi connectivity index (χ2n) is 5.09. The lowest BCUT2D eigenvalue weighted by Gasteiger charge is -2.09. The van der Waals surface area contributed by atoms with Crippen molar-refractivity contribution in [2.24, 2.45) is 0 Å². The van der Waals surface area contributed by atoms with Gasteiger partial charge in [0.25, 0.3) is 5.56 Å². The molecule has 0 saturated heterocycles. The first kappa shape index (κ1) is 13.0. The molecule has 0 saturated carbocycles. The standard InChI is InChI=1S/C18H11ClN2O/c19-12-7-5-11(6-8-12)13-9-10-20-17-16(13)14-3-1-2-4-15(14)18(22)21-17/h1-10H,(H,20,21,22). The molecule has 2 heterocycles. The highest BCUT2D eigenvalue weighted by Gasteiger charge is 2.11. The fourth-order valence-electron chi connectivity index (χ4n) is 2.77. The smallest absolute Gasteiger partial charge is 0.257 e. The van der Waals surface area contributed by atoms with Crippen molar-refractivity contribution in [2.45, 2.75) is 0 Å². The van der Waals surface area contributed by atoms with Gasteiger partial charge in [-0.15, -0.1) is 0 Å². The van der Waals surface area contributed by atoms with Gasteiger partial charge in [0.1, 0.15) is 5.65 Å². The summed E-state index contributed by atoms with van der Waals surface area (Å²) in [6.45, 7) is 0. The molecule has 4 aromatic rings. The molecule has 0 amide bonds. The fraction of sp³-hybridized carbons (Fsp3) is 0. The third-order valence-corrected chi connectivity index (χ3v) is 4.03. The summed E-state index contributed by atoms with van der Waals surface area (Å²) in [5.74, 6) is 0. The first-order chi connectivity index (χ1) is 10.7. The van der Waals surface area contributed by atoms with Crippen LogP contribution in [0.1, 0.15) is 0 Å². The van der Waals surface area contributed by atoms with Crippen LogP contribution in [-0.2, 0) is 0 Å². The van der Waals surface area contributed by atoms with Gasteiger partial charge in [-0.3, -0.25) is 4.79 Å². The van der Waals surface area contributed by atoms with Gasteiger partial charge in [-0.1, -0.05) is 41.9 Å². The minimum absolute atomic E-state index is 0.121. The number of halogens is 1. The second kappa shape index (κ2) is 4.97. The summed E-state index contributed by atoms with van der Waals surface area (Å²) >= 11 is 5.97. The summed E-state index contributed by atoms with van der Waals surface area (Å²) in [6, 6.07) is 17.2. The van der Waals surface area contributed by atoms with Crippen molar-refractivity contribution in [3.05, 3.63) is 76.2 Å². The highest BCUT2D eigenvalue weighted by molar-refractivity contribution is 6.30. The third-order valence-electron chi connectivity index (χ3n) is 3.78. The van der Waals surface area contributed by atoms with E-state index >= 15 is 0 Å². The van der Waals surface area contributed by atoms with E-state index in [1.54, 1.807) is 6.20 Å². The van der Waals surface area contributed by atoms with Crippen molar-refractivity contribution in [3.63, 3.8) is 0 Å². The Balaban J connectivity index is 2.18. The zero-order chi connectivity index (χ0) is 15.1. The zero-order valence-corrected chi connectivity index (χ0v) is 12.3. The van der Waals surface area contributed by atoms with E-state index < -0.39 is 0 Å². The second-order valence-corrected chi connectivity index (χ2v) is 5.53. The van der Waals surface area contributed by atoms with Gasteiger partial charge in [0.2, 0.25) is 0 Å². The molecule has 22 heavy (non-hydrogen) atoms. The van der Waals surface area contributed by atoms with Gasteiger partial charge in [-0.25, -0.2) is 4.98 Å². The summed E-state index contributed by atoms with van der Waals surface area (Å²) in [4.78, 5) is 19.3. The molecule has 0 fully saturated rings. The molecule has 0 spiro atoms. The molecule has 0 bridgehead atoms. The van der Waals surface area contributed by atoms with E-state index in [0.29, 0.717) is 16.1 Å².